The first kappa shape index (κ1) is 22.0. The zero-order chi connectivity index (χ0) is 23.7. The van der Waals surface area contributed by atoms with Crippen molar-refractivity contribution in [2.75, 3.05) is 26.8 Å². The van der Waals surface area contributed by atoms with Crippen molar-refractivity contribution in [1.29, 1.82) is 0 Å². The van der Waals surface area contributed by atoms with E-state index >= 15 is 0 Å². The summed E-state index contributed by atoms with van der Waals surface area (Å²) in [5.41, 5.74) is 1.30. The summed E-state index contributed by atoms with van der Waals surface area (Å²) in [5, 5.41) is 11.0. The summed E-state index contributed by atoms with van der Waals surface area (Å²) in [6.07, 6.45) is 3.16. The molecule has 0 saturated carbocycles. The molecule has 10 nitrogen and oxygen atoms in total. The van der Waals surface area contributed by atoms with Crippen LogP contribution in [-0.4, -0.2) is 64.5 Å². The number of methoxy groups -OCH3 is 1. The lowest BCUT2D eigenvalue weighted by Gasteiger charge is -2.46. The molecule has 178 valence electrons. The molecule has 1 saturated heterocycles. The molecule has 4 heterocycles. The Balaban J connectivity index is 1.42. The third kappa shape index (κ3) is 4.00. The van der Waals surface area contributed by atoms with Gasteiger partial charge < -0.3 is 24.4 Å². The number of benzene rings is 1. The molecule has 0 bridgehead atoms. The van der Waals surface area contributed by atoms with Gasteiger partial charge in [-0.15, -0.1) is 0 Å². The molecule has 2 N–H and O–H groups in total. The smallest absolute Gasteiger partial charge is 0.409 e. The highest BCUT2D eigenvalue weighted by Gasteiger charge is 2.45. The Morgan fingerprint density at radius 1 is 1.26 bits per heavy atom. The third-order valence-electron chi connectivity index (χ3n) is 6.53. The first-order valence-corrected chi connectivity index (χ1v) is 11.4. The van der Waals surface area contributed by atoms with Crippen LogP contribution in [0.2, 0.25) is 0 Å². The minimum Gasteiger partial charge on any atom is -0.485 e. The van der Waals surface area contributed by atoms with Gasteiger partial charge in [0.2, 0.25) is 5.88 Å². The number of carbonyl (C=O) groups is 2. The van der Waals surface area contributed by atoms with Crippen molar-refractivity contribution in [2.45, 2.75) is 37.8 Å². The second-order valence-corrected chi connectivity index (χ2v) is 8.58. The number of H-pyrrole nitrogens is 1. The minimum absolute atomic E-state index is 0.226. The number of aromatic nitrogens is 3. The molecule has 0 aliphatic carbocycles. The number of nitrogens with one attached hydrogen (secondary N) is 2. The largest absolute Gasteiger partial charge is 0.485 e. The number of likely N-dealkylation sites (tertiary alicyclic amines) is 1. The number of ether oxygens (including phenoxy) is 3. The van der Waals surface area contributed by atoms with E-state index < -0.39 is 11.6 Å². The normalized spacial score (nSPS) is 18.8. The molecule has 1 fully saturated rings. The monoisotopic (exact) mass is 465 g/mol. The van der Waals surface area contributed by atoms with Crippen LogP contribution in [0, 0.1) is 0 Å². The maximum absolute atomic E-state index is 13.3. The van der Waals surface area contributed by atoms with Crippen LogP contribution in [0.5, 0.6) is 11.6 Å². The van der Waals surface area contributed by atoms with Crippen molar-refractivity contribution >= 4 is 22.9 Å². The summed E-state index contributed by atoms with van der Waals surface area (Å²) in [5.74, 6) is 0.837. The minimum atomic E-state index is -0.524. The summed E-state index contributed by atoms with van der Waals surface area (Å²) < 4.78 is 16.9. The van der Waals surface area contributed by atoms with Crippen molar-refractivity contribution < 1.29 is 23.8 Å². The van der Waals surface area contributed by atoms with Gasteiger partial charge in [0, 0.05) is 43.8 Å². The number of aromatic amines is 1. The maximum Gasteiger partial charge on any atom is 0.409 e. The number of rotatable bonds is 4. The number of nitrogens with zero attached hydrogens (tertiary/aromatic N) is 3. The second-order valence-electron chi connectivity index (χ2n) is 8.58. The van der Waals surface area contributed by atoms with Gasteiger partial charge in [0.25, 0.3) is 5.91 Å². The lowest BCUT2D eigenvalue weighted by Crippen LogP contribution is -2.53. The standard InChI is InChI=1S/C24H27N5O5/c1-3-33-23(31)29-11-9-24(10-12-29)13-17(21-18(34-24)7-8-19(27-21)32-2)26-22(30)16-6-4-5-15-14-25-28-20(15)16/h4-8,14,17H,3,9-13H2,1-2H3,(H,25,28)(H,26,30). The zero-order valence-corrected chi connectivity index (χ0v) is 19.2. The van der Waals surface area contributed by atoms with Gasteiger partial charge >= 0.3 is 6.09 Å². The molecule has 1 spiro atoms. The van der Waals surface area contributed by atoms with Gasteiger partial charge in [-0.25, -0.2) is 9.78 Å². The highest BCUT2D eigenvalue weighted by Crippen LogP contribution is 2.44. The Bertz CT molecular complexity index is 1220. The van der Waals surface area contributed by atoms with Crippen molar-refractivity contribution in [2.24, 2.45) is 0 Å². The molecule has 2 aliphatic rings. The average molecular weight is 466 g/mol. The summed E-state index contributed by atoms with van der Waals surface area (Å²) in [6.45, 7) is 3.18. The molecule has 2 amide bonds. The van der Waals surface area contributed by atoms with Crippen molar-refractivity contribution in [1.82, 2.24) is 25.4 Å². The van der Waals surface area contributed by atoms with Crippen LogP contribution < -0.4 is 14.8 Å². The van der Waals surface area contributed by atoms with Crippen LogP contribution in [0.25, 0.3) is 10.9 Å². The van der Waals surface area contributed by atoms with E-state index in [0.717, 1.165) is 5.39 Å². The average Bonchev–Trinajstić information content (AvgIpc) is 3.33. The van der Waals surface area contributed by atoms with E-state index in [9.17, 15) is 9.59 Å². The Labute approximate surface area is 196 Å². The number of hydrogen-bond donors (Lipinski definition) is 2. The van der Waals surface area contributed by atoms with E-state index in [1.54, 1.807) is 37.3 Å². The third-order valence-corrected chi connectivity index (χ3v) is 6.53. The number of piperidine rings is 1. The maximum atomic E-state index is 13.3. The second kappa shape index (κ2) is 8.85. The van der Waals surface area contributed by atoms with Crippen molar-refractivity contribution in [3.63, 3.8) is 0 Å². The van der Waals surface area contributed by atoms with Gasteiger partial charge in [-0.1, -0.05) is 12.1 Å². The predicted octanol–water partition coefficient (Wildman–Crippen LogP) is 3.21. The van der Waals surface area contributed by atoms with E-state index in [1.807, 2.05) is 18.2 Å². The van der Waals surface area contributed by atoms with Crippen LogP contribution in [-0.2, 0) is 4.74 Å². The Kier molecular flexibility index (Phi) is 5.72. The lowest BCUT2D eigenvalue weighted by atomic mass is 9.81. The van der Waals surface area contributed by atoms with Crippen LogP contribution >= 0.6 is 0 Å². The topological polar surface area (TPSA) is 119 Å². The van der Waals surface area contributed by atoms with Crippen LogP contribution in [0.15, 0.2) is 36.5 Å². The van der Waals surface area contributed by atoms with Crippen LogP contribution in [0.3, 0.4) is 0 Å². The quantitative estimate of drug-likeness (QED) is 0.607. The molecule has 5 rings (SSSR count). The molecular weight excluding hydrogens is 438 g/mol. The molecular formula is C24H27N5O5. The zero-order valence-electron chi connectivity index (χ0n) is 19.2. The fourth-order valence-corrected chi connectivity index (χ4v) is 4.77. The summed E-state index contributed by atoms with van der Waals surface area (Å²) >= 11 is 0. The van der Waals surface area contributed by atoms with Crippen LogP contribution in [0.1, 0.15) is 48.3 Å². The fourth-order valence-electron chi connectivity index (χ4n) is 4.77. The molecule has 1 aromatic carbocycles. The number of carbonyl (C=O) groups excluding carboxylic acids is 2. The Hall–Kier alpha value is -3.82. The number of pyridine rings is 1. The van der Waals surface area contributed by atoms with E-state index in [-0.39, 0.29) is 12.0 Å². The molecule has 2 aliphatic heterocycles. The Morgan fingerprint density at radius 3 is 2.85 bits per heavy atom. The van der Waals surface area contributed by atoms with Gasteiger partial charge in [-0.05, 0) is 19.1 Å². The molecule has 0 radical (unpaired) electrons. The number of fused-ring (bicyclic) bond motifs is 2. The number of amides is 2. The summed E-state index contributed by atoms with van der Waals surface area (Å²) in [7, 11) is 1.55. The molecule has 34 heavy (non-hydrogen) atoms. The first-order chi connectivity index (χ1) is 16.5. The van der Waals surface area contributed by atoms with E-state index in [0.29, 0.717) is 67.4 Å². The van der Waals surface area contributed by atoms with E-state index in [1.165, 1.54) is 0 Å². The number of para-hydroxylation sites is 1. The predicted molar refractivity (Wildman–Crippen MR) is 123 cm³/mol. The van der Waals surface area contributed by atoms with Crippen molar-refractivity contribution in [3.8, 4) is 11.6 Å². The van der Waals surface area contributed by atoms with Crippen molar-refractivity contribution in [3.05, 3.63) is 47.8 Å². The van der Waals surface area contributed by atoms with Gasteiger partial charge in [0.15, 0.2) is 0 Å². The van der Waals surface area contributed by atoms with Gasteiger partial charge in [-0.2, -0.15) is 5.10 Å². The van der Waals surface area contributed by atoms with Gasteiger partial charge in [0.1, 0.15) is 17.0 Å². The van der Waals surface area contributed by atoms with E-state index in [2.05, 4.69) is 20.5 Å². The first-order valence-electron chi connectivity index (χ1n) is 11.4. The number of hydrogen-bond acceptors (Lipinski definition) is 7. The van der Waals surface area contributed by atoms with Gasteiger partial charge in [-0.3, -0.25) is 9.89 Å². The summed E-state index contributed by atoms with van der Waals surface area (Å²) in [4.78, 5) is 31.8. The SMILES string of the molecule is CCOC(=O)N1CCC2(CC1)CC(NC(=O)c1cccc3cn[nH]c13)c1nc(OC)ccc1O2. The molecule has 1 atom stereocenters. The van der Waals surface area contributed by atoms with Gasteiger partial charge in [0.05, 0.1) is 37.0 Å². The molecule has 2 aromatic heterocycles. The van der Waals surface area contributed by atoms with Crippen LogP contribution in [0.4, 0.5) is 4.79 Å². The van der Waals surface area contributed by atoms with E-state index in [4.69, 9.17) is 14.2 Å². The molecule has 3 aromatic rings. The molecule has 10 heteroatoms. The highest BCUT2D eigenvalue weighted by atomic mass is 16.6. The lowest BCUT2D eigenvalue weighted by molar-refractivity contribution is -0.0246. The summed E-state index contributed by atoms with van der Waals surface area (Å²) in [6, 6.07) is 8.68. The molecule has 1 unspecified atom stereocenters. The highest BCUT2D eigenvalue weighted by molar-refractivity contribution is 6.05. The Morgan fingerprint density at radius 2 is 2.09 bits per heavy atom. The fraction of sp³-hybridized carbons (Fsp3) is 0.417.